The fourth-order valence-corrected chi connectivity index (χ4v) is 0.999. The van der Waals surface area contributed by atoms with E-state index in [4.69, 9.17) is 0 Å². The topological polar surface area (TPSA) is 28.7 Å². The lowest BCUT2D eigenvalue weighted by atomic mass is 10.4. The number of nitrogens with one attached hydrogen (secondary N) is 1. The summed E-state index contributed by atoms with van der Waals surface area (Å²) in [6.07, 6.45) is 5.66. The third-order valence-electron chi connectivity index (χ3n) is 1.31. The van der Waals surface area contributed by atoms with E-state index in [-0.39, 0.29) is 0 Å². The molecule has 1 heterocycles. The maximum absolute atomic E-state index is 3.92. The molecule has 0 spiro atoms. The molecule has 3 heteroatoms. The van der Waals surface area contributed by atoms with E-state index in [2.05, 4.69) is 23.1 Å². The second-order valence-corrected chi connectivity index (χ2v) is 3.06. The smallest absolute Gasteiger partial charge is 0.0922 e. The quantitative estimate of drug-likeness (QED) is 0.682. The number of H-pyrrole nitrogens is 1. The third-order valence-corrected chi connectivity index (χ3v) is 2.27. The molecule has 1 aromatic rings. The molecule has 0 radical (unpaired) electrons. The third kappa shape index (κ3) is 1.48. The van der Waals surface area contributed by atoms with Gasteiger partial charge >= 0.3 is 0 Å². The van der Waals surface area contributed by atoms with Crippen molar-refractivity contribution < 1.29 is 0 Å². The molecule has 2 nitrogen and oxygen atoms in total. The van der Waals surface area contributed by atoms with Crippen LogP contribution in [0, 0.1) is 0 Å². The van der Waals surface area contributed by atoms with Gasteiger partial charge in [-0.1, -0.05) is 0 Å². The summed E-state index contributed by atoms with van der Waals surface area (Å²) in [4.78, 5) is 6.98. The fourth-order valence-electron chi connectivity index (χ4n) is 0.616. The lowest BCUT2D eigenvalue weighted by molar-refractivity contribution is 1.03. The molecule has 1 aromatic heterocycles. The van der Waals surface area contributed by atoms with E-state index in [1.807, 2.05) is 18.0 Å². The van der Waals surface area contributed by atoms with Crippen LogP contribution in [-0.2, 0) is 0 Å². The first kappa shape index (κ1) is 6.68. The Balaban J connectivity index is 2.65. The summed E-state index contributed by atoms with van der Waals surface area (Å²) in [7, 11) is 0. The summed E-state index contributed by atoms with van der Waals surface area (Å²) in [5.41, 5.74) is 1.20. The predicted molar refractivity (Wildman–Crippen MR) is 40.5 cm³/mol. The Hall–Kier alpha value is -0.440. The van der Waals surface area contributed by atoms with Crippen molar-refractivity contribution in [1.29, 1.82) is 0 Å². The van der Waals surface area contributed by atoms with Gasteiger partial charge in [0.25, 0.3) is 0 Å². The number of rotatable bonds is 2. The molecular formula is C6H10N2S. The van der Waals surface area contributed by atoms with E-state index in [9.17, 15) is 0 Å². The van der Waals surface area contributed by atoms with E-state index in [1.165, 1.54) is 5.69 Å². The van der Waals surface area contributed by atoms with Crippen LogP contribution in [0.25, 0.3) is 0 Å². The van der Waals surface area contributed by atoms with Gasteiger partial charge in [-0.25, -0.2) is 4.98 Å². The summed E-state index contributed by atoms with van der Waals surface area (Å²) in [5, 5.41) is 0.535. The molecule has 0 aliphatic heterocycles. The SMILES string of the molecule is CSC(C)c1cnc[nH]1. The Bertz CT molecular complexity index is 160. The highest BCUT2D eigenvalue weighted by Gasteiger charge is 2.01. The van der Waals surface area contributed by atoms with Crippen LogP contribution in [0.2, 0.25) is 0 Å². The van der Waals surface area contributed by atoms with Gasteiger partial charge in [-0.05, 0) is 13.2 Å². The van der Waals surface area contributed by atoms with Crippen LogP contribution in [-0.4, -0.2) is 16.2 Å². The molecule has 0 amide bonds. The van der Waals surface area contributed by atoms with Crippen molar-refractivity contribution in [2.75, 3.05) is 6.26 Å². The molecule has 0 aromatic carbocycles. The largest absolute Gasteiger partial charge is 0.348 e. The molecule has 0 saturated heterocycles. The zero-order chi connectivity index (χ0) is 6.69. The average Bonchev–Trinajstić information content (AvgIpc) is 2.37. The number of nitrogens with zero attached hydrogens (tertiary/aromatic N) is 1. The lowest BCUT2D eigenvalue weighted by Gasteiger charge is -2.01. The Morgan fingerprint density at radius 3 is 3.00 bits per heavy atom. The lowest BCUT2D eigenvalue weighted by Crippen LogP contribution is -1.84. The zero-order valence-corrected chi connectivity index (χ0v) is 6.40. The van der Waals surface area contributed by atoms with Crippen molar-refractivity contribution in [2.24, 2.45) is 0 Å². The van der Waals surface area contributed by atoms with Crippen LogP contribution < -0.4 is 0 Å². The van der Waals surface area contributed by atoms with Crippen LogP contribution in [0.1, 0.15) is 17.9 Å². The molecule has 50 valence electrons. The molecular weight excluding hydrogens is 132 g/mol. The molecule has 0 saturated carbocycles. The van der Waals surface area contributed by atoms with Gasteiger partial charge in [-0.15, -0.1) is 0 Å². The van der Waals surface area contributed by atoms with Crippen LogP contribution in [0.15, 0.2) is 12.5 Å². The molecule has 0 fully saturated rings. The molecule has 1 N–H and O–H groups in total. The minimum absolute atomic E-state index is 0.535. The van der Waals surface area contributed by atoms with Crippen molar-refractivity contribution in [3.63, 3.8) is 0 Å². The van der Waals surface area contributed by atoms with Gasteiger partial charge in [-0.2, -0.15) is 11.8 Å². The average molecular weight is 142 g/mol. The predicted octanol–water partition coefficient (Wildman–Crippen LogP) is 1.83. The number of aromatic amines is 1. The minimum Gasteiger partial charge on any atom is -0.348 e. The van der Waals surface area contributed by atoms with Crippen molar-refractivity contribution in [2.45, 2.75) is 12.2 Å². The number of hydrogen-bond acceptors (Lipinski definition) is 2. The number of aromatic nitrogens is 2. The van der Waals surface area contributed by atoms with Gasteiger partial charge < -0.3 is 4.98 Å². The van der Waals surface area contributed by atoms with Gasteiger partial charge in [0.2, 0.25) is 0 Å². The zero-order valence-electron chi connectivity index (χ0n) is 5.59. The summed E-state index contributed by atoms with van der Waals surface area (Å²) < 4.78 is 0. The molecule has 1 rings (SSSR count). The van der Waals surface area contributed by atoms with Crippen molar-refractivity contribution in [1.82, 2.24) is 9.97 Å². The molecule has 0 bridgehead atoms. The Labute approximate surface area is 59.1 Å². The van der Waals surface area contributed by atoms with Crippen LogP contribution in [0.5, 0.6) is 0 Å². The molecule has 0 aliphatic rings. The first-order valence-corrected chi connectivity index (χ1v) is 4.14. The second kappa shape index (κ2) is 2.92. The van der Waals surface area contributed by atoms with Crippen LogP contribution in [0.4, 0.5) is 0 Å². The minimum atomic E-state index is 0.535. The highest BCUT2D eigenvalue weighted by molar-refractivity contribution is 7.98. The first-order valence-electron chi connectivity index (χ1n) is 2.85. The standard InChI is InChI=1S/C6H10N2S/c1-5(9-2)6-3-7-4-8-6/h3-5H,1-2H3,(H,7,8). The maximum Gasteiger partial charge on any atom is 0.0922 e. The number of hydrogen-bond donors (Lipinski definition) is 1. The summed E-state index contributed by atoms with van der Waals surface area (Å²) in [6, 6.07) is 0. The van der Waals surface area contributed by atoms with Crippen LogP contribution >= 0.6 is 11.8 Å². The fraction of sp³-hybridized carbons (Fsp3) is 0.500. The first-order chi connectivity index (χ1) is 4.34. The Morgan fingerprint density at radius 1 is 1.78 bits per heavy atom. The van der Waals surface area contributed by atoms with E-state index in [0.717, 1.165) is 0 Å². The number of imidazole rings is 1. The van der Waals surface area contributed by atoms with E-state index < -0.39 is 0 Å². The summed E-state index contributed by atoms with van der Waals surface area (Å²) in [6.45, 7) is 2.15. The molecule has 9 heavy (non-hydrogen) atoms. The monoisotopic (exact) mass is 142 g/mol. The van der Waals surface area contributed by atoms with Crippen LogP contribution in [0.3, 0.4) is 0 Å². The summed E-state index contributed by atoms with van der Waals surface area (Å²) in [5.74, 6) is 0. The highest BCUT2D eigenvalue weighted by atomic mass is 32.2. The number of thioether (sulfide) groups is 1. The van der Waals surface area contributed by atoms with Gasteiger partial charge in [0.15, 0.2) is 0 Å². The highest BCUT2D eigenvalue weighted by Crippen LogP contribution is 2.22. The van der Waals surface area contributed by atoms with Crippen molar-refractivity contribution in [3.8, 4) is 0 Å². The Morgan fingerprint density at radius 2 is 2.56 bits per heavy atom. The second-order valence-electron chi connectivity index (χ2n) is 1.88. The summed E-state index contributed by atoms with van der Waals surface area (Å²) >= 11 is 1.81. The molecule has 0 aliphatic carbocycles. The maximum atomic E-state index is 3.92. The molecule has 1 atom stereocenters. The van der Waals surface area contributed by atoms with Gasteiger partial charge in [0.1, 0.15) is 0 Å². The van der Waals surface area contributed by atoms with E-state index in [1.54, 1.807) is 6.33 Å². The molecule has 1 unspecified atom stereocenters. The van der Waals surface area contributed by atoms with Gasteiger partial charge in [0, 0.05) is 17.1 Å². The van der Waals surface area contributed by atoms with Gasteiger partial charge in [-0.3, -0.25) is 0 Å². The van der Waals surface area contributed by atoms with E-state index in [0.29, 0.717) is 5.25 Å². The van der Waals surface area contributed by atoms with E-state index >= 15 is 0 Å². The Kier molecular flexibility index (Phi) is 2.16. The van der Waals surface area contributed by atoms with Gasteiger partial charge in [0.05, 0.1) is 6.33 Å². The van der Waals surface area contributed by atoms with Crippen molar-refractivity contribution in [3.05, 3.63) is 18.2 Å². The normalized spacial score (nSPS) is 13.6. The van der Waals surface area contributed by atoms with Crippen molar-refractivity contribution >= 4 is 11.8 Å².